The fourth-order valence-corrected chi connectivity index (χ4v) is 5.22. The number of esters is 1. The van der Waals surface area contributed by atoms with Crippen LogP contribution in [-0.4, -0.2) is 37.1 Å². The summed E-state index contributed by atoms with van der Waals surface area (Å²) in [6, 6.07) is 12.7. The fraction of sp³-hybridized carbons (Fsp3) is 0.269. The third kappa shape index (κ3) is 5.06. The number of hydrogen-bond donors (Lipinski definition) is 0. The van der Waals surface area contributed by atoms with Gasteiger partial charge in [-0.2, -0.15) is 0 Å². The number of fused-ring (bicyclic) bond motifs is 1. The number of carbonyl (C=O) groups excluding carboxylic acids is 1. The molecule has 2 heterocycles. The van der Waals surface area contributed by atoms with Gasteiger partial charge >= 0.3 is 5.97 Å². The zero-order valence-corrected chi connectivity index (χ0v) is 21.6. The molecule has 0 saturated carbocycles. The van der Waals surface area contributed by atoms with E-state index in [1.54, 1.807) is 28.5 Å². The molecular formula is C26H26N2O5S2. The van der Waals surface area contributed by atoms with E-state index < -0.39 is 12.0 Å². The number of hydrogen-bond acceptors (Lipinski definition) is 8. The predicted octanol–water partition coefficient (Wildman–Crippen LogP) is 3.54. The van der Waals surface area contributed by atoms with Crippen molar-refractivity contribution in [1.29, 1.82) is 0 Å². The van der Waals surface area contributed by atoms with Crippen LogP contribution in [0, 0.1) is 0 Å². The molecule has 0 fully saturated rings. The molecule has 7 nitrogen and oxygen atoms in total. The van der Waals surface area contributed by atoms with Crippen LogP contribution >= 0.6 is 23.1 Å². The summed E-state index contributed by atoms with van der Waals surface area (Å²) in [4.78, 5) is 32.4. The number of thioether (sulfide) groups is 1. The van der Waals surface area contributed by atoms with Crippen molar-refractivity contribution in [3.63, 3.8) is 0 Å². The molecule has 2 aromatic carbocycles. The summed E-state index contributed by atoms with van der Waals surface area (Å²) < 4.78 is 18.6. The zero-order valence-electron chi connectivity index (χ0n) is 19.9. The van der Waals surface area contributed by atoms with E-state index in [4.69, 9.17) is 14.2 Å². The first-order valence-electron chi connectivity index (χ1n) is 11.1. The highest BCUT2D eigenvalue weighted by Gasteiger charge is 2.31. The Morgan fingerprint density at radius 2 is 1.83 bits per heavy atom. The van der Waals surface area contributed by atoms with Gasteiger partial charge in [0.15, 0.2) is 16.3 Å². The Kier molecular flexibility index (Phi) is 7.77. The van der Waals surface area contributed by atoms with Gasteiger partial charge < -0.3 is 14.2 Å². The van der Waals surface area contributed by atoms with Crippen molar-refractivity contribution in [2.75, 3.05) is 26.6 Å². The SMILES string of the molecule is CCOc1ccc([C@H]2C(C(=O)OC)=CN=c3s/c(=C\c4ccc(SC)cc4)c(=O)n32)cc1OCC. The molecular weight excluding hydrogens is 484 g/mol. The molecule has 3 aromatic rings. The van der Waals surface area contributed by atoms with Gasteiger partial charge in [0.2, 0.25) is 0 Å². The lowest BCUT2D eigenvalue weighted by Gasteiger charge is -2.23. The van der Waals surface area contributed by atoms with Crippen LogP contribution in [0.15, 0.2) is 68.9 Å². The average molecular weight is 511 g/mol. The number of rotatable bonds is 8. The Morgan fingerprint density at radius 1 is 1.11 bits per heavy atom. The van der Waals surface area contributed by atoms with E-state index in [1.165, 1.54) is 24.6 Å². The molecule has 0 saturated heterocycles. The van der Waals surface area contributed by atoms with Gasteiger partial charge in [-0.15, -0.1) is 11.8 Å². The minimum Gasteiger partial charge on any atom is -0.490 e. The largest absolute Gasteiger partial charge is 0.490 e. The number of aromatic nitrogens is 1. The average Bonchev–Trinajstić information content (AvgIpc) is 3.19. The third-order valence-electron chi connectivity index (χ3n) is 5.42. The highest BCUT2D eigenvalue weighted by molar-refractivity contribution is 7.98. The fourth-order valence-electron chi connectivity index (χ4n) is 3.84. The highest BCUT2D eigenvalue weighted by atomic mass is 32.2. The quantitative estimate of drug-likeness (QED) is 0.341. The van der Waals surface area contributed by atoms with Gasteiger partial charge in [-0.3, -0.25) is 9.36 Å². The number of ether oxygens (including phenoxy) is 3. The van der Waals surface area contributed by atoms with Crippen molar-refractivity contribution in [3.8, 4) is 11.5 Å². The Morgan fingerprint density at radius 3 is 2.49 bits per heavy atom. The summed E-state index contributed by atoms with van der Waals surface area (Å²) in [7, 11) is 1.31. The van der Waals surface area contributed by atoms with E-state index in [-0.39, 0.29) is 11.1 Å². The Labute approximate surface area is 211 Å². The van der Waals surface area contributed by atoms with Crippen LogP contribution in [0.25, 0.3) is 6.08 Å². The van der Waals surface area contributed by atoms with Gasteiger partial charge in [0, 0.05) is 11.1 Å². The number of nitrogens with zero attached hydrogens (tertiary/aromatic N) is 2. The molecule has 182 valence electrons. The van der Waals surface area contributed by atoms with E-state index in [0.717, 1.165) is 10.5 Å². The summed E-state index contributed by atoms with van der Waals surface area (Å²) in [5.41, 5.74) is 1.65. The van der Waals surface area contributed by atoms with Gasteiger partial charge in [-0.05, 0) is 61.6 Å². The Bertz CT molecular complexity index is 1440. The van der Waals surface area contributed by atoms with Gasteiger partial charge in [0.25, 0.3) is 5.56 Å². The normalized spacial score (nSPS) is 15.1. The van der Waals surface area contributed by atoms with Gasteiger partial charge in [-0.1, -0.05) is 29.5 Å². The maximum absolute atomic E-state index is 13.6. The minimum absolute atomic E-state index is 0.228. The number of carbonyl (C=O) groups is 1. The zero-order chi connectivity index (χ0) is 24.9. The molecule has 0 amide bonds. The number of thiazole rings is 1. The third-order valence-corrected chi connectivity index (χ3v) is 7.16. The summed E-state index contributed by atoms with van der Waals surface area (Å²) in [5, 5.41) is 0. The lowest BCUT2D eigenvalue weighted by molar-refractivity contribution is -0.136. The number of methoxy groups -OCH3 is 1. The second kappa shape index (κ2) is 11.0. The maximum atomic E-state index is 13.6. The van der Waals surface area contributed by atoms with Crippen LogP contribution in [0.1, 0.15) is 31.0 Å². The first-order valence-corrected chi connectivity index (χ1v) is 13.2. The molecule has 35 heavy (non-hydrogen) atoms. The van der Waals surface area contributed by atoms with Crippen LogP contribution < -0.4 is 24.4 Å². The molecule has 0 unspecified atom stereocenters. The van der Waals surface area contributed by atoms with Crippen molar-refractivity contribution >= 4 is 35.1 Å². The minimum atomic E-state index is -0.713. The highest BCUT2D eigenvalue weighted by Crippen LogP contribution is 2.35. The van der Waals surface area contributed by atoms with Crippen molar-refractivity contribution < 1.29 is 19.0 Å². The van der Waals surface area contributed by atoms with E-state index in [9.17, 15) is 9.59 Å². The van der Waals surface area contributed by atoms with Crippen molar-refractivity contribution in [2.45, 2.75) is 24.8 Å². The van der Waals surface area contributed by atoms with Gasteiger partial charge in [-0.25, -0.2) is 9.79 Å². The Balaban J connectivity index is 1.88. The standard InChI is InChI=1S/C26H26N2O5S2/c1-5-32-20-12-9-17(14-21(20)33-6-2)23-19(25(30)31-3)15-27-26-28(23)24(29)22(35-26)13-16-7-10-18(34-4)11-8-16/h7-15,23H,5-6H2,1-4H3/b22-13-/t23-/m0/s1. The molecule has 1 atom stereocenters. The molecule has 9 heteroatoms. The molecule has 0 radical (unpaired) electrons. The molecule has 4 rings (SSSR count). The van der Waals surface area contributed by atoms with Crippen LogP contribution in [-0.2, 0) is 9.53 Å². The van der Waals surface area contributed by atoms with E-state index in [0.29, 0.717) is 39.6 Å². The molecule has 0 bridgehead atoms. The molecule has 1 aromatic heterocycles. The summed E-state index contributed by atoms with van der Waals surface area (Å²) >= 11 is 2.94. The van der Waals surface area contributed by atoms with E-state index in [2.05, 4.69) is 4.99 Å². The van der Waals surface area contributed by atoms with Crippen molar-refractivity contribution in [1.82, 2.24) is 4.57 Å². The monoisotopic (exact) mass is 510 g/mol. The molecule has 0 N–H and O–H groups in total. The molecule has 1 aliphatic heterocycles. The van der Waals surface area contributed by atoms with Gasteiger partial charge in [0.1, 0.15) is 0 Å². The molecule has 0 aliphatic carbocycles. The van der Waals surface area contributed by atoms with Crippen LogP contribution in [0.3, 0.4) is 0 Å². The van der Waals surface area contributed by atoms with Crippen molar-refractivity contribution in [3.05, 3.63) is 85.1 Å². The summed E-state index contributed by atoms with van der Waals surface area (Å²) in [6.45, 7) is 4.72. The first-order chi connectivity index (χ1) is 17.0. The van der Waals surface area contributed by atoms with E-state index >= 15 is 0 Å². The van der Waals surface area contributed by atoms with Crippen LogP contribution in [0.5, 0.6) is 11.5 Å². The van der Waals surface area contributed by atoms with Crippen LogP contribution in [0.2, 0.25) is 0 Å². The summed E-state index contributed by atoms with van der Waals surface area (Å²) in [6.07, 6.45) is 5.34. The lowest BCUT2D eigenvalue weighted by Crippen LogP contribution is -2.39. The van der Waals surface area contributed by atoms with Crippen LogP contribution in [0.4, 0.5) is 0 Å². The summed E-state index contributed by atoms with van der Waals surface area (Å²) in [5.74, 6) is 0.597. The second-order valence-electron chi connectivity index (χ2n) is 7.52. The Hall–Kier alpha value is -3.30. The second-order valence-corrected chi connectivity index (χ2v) is 9.41. The smallest absolute Gasteiger partial charge is 0.337 e. The predicted molar refractivity (Wildman–Crippen MR) is 138 cm³/mol. The topological polar surface area (TPSA) is 79.1 Å². The van der Waals surface area contributed by atoms with Gasteiger partial charge in [0.05, 0.1) is 36.5 Å². The number of benzene rings is 2. The first kappa shape index (κ1) is 24.8. The van der Waals surface area contributed by atoms with E-state index in [1.807, 2.05) is 56.5 Å². The molecule has 1 aliphatic rings. The lowest BCUT2D eigenvalue weighted by atomic mass is 9.97. The molecule has 0 spiro atoms. The maximum Gasteiger partial charge on any atom is 0.337 e. The van der Waals surface area contributed by atoms with Crippen molar-refractivity contribution in [2.24, 2.45) is 4.99 Å².